The summed E-state index contributed by atoms with van der Waals surface area (Å²) >= 11 is 0. The number of allylic oxidation sites excluding steroid dienone is 8. The molecule has 3 heterocycles. The largest absolute Gasteiger partial charge is 0.394 e. The van der Waals surface area contributed by atoms with Crippen LogP contribution in [0.2, 0.25) is 0 Å². The molecule has 3 saturated heterocycles. The van der Waals surface area contributed by atoms with Crippen LogP contribution in [0, 0.1) is 0 Å². The molecular formula is C64H115NO18. The van der Waals surface area contributed by atoms with Gasteiger partial charge in [-0.2, -0.15) is 0 Å². The van der Waals surface area contributed by atoms with Gasteiger partial charge < -0.3 is 89.9 Å². The molecule has 19 nitrogen and oxygen atoms in total. The fourth-order valence-corrected chi connectivity index (χ4v) is 10.9. The summed E-state index contributed by atoms with van der Waals surface area (Å²) in [5, 5.41) is 120. The van der Waals surface area contributed by atoms with Gasteiger partial charge in [-0.05, 0) is 51.4 Å². The molecule has 0 aromatic heterocycles. The number of carbonyl (C=O) groups excluding carboxylic acids is 1. The molecule has 0 aromatic rings. The third kappa shape index (κ3) is 30.0. The third-order valence-corrected chi connectivity index (χ3v) is 16.2. The SMILES string of the molecule is CC/C=C\C/C=C\C/C=C\C/C=C\CCCCCCCCCCCCCCCCCCCCCCC(=O)NC(COC1OC(CO)C(OC2OC(CO)C(OC3OC(CO)C(O)C(O)C3O)C(O)C2O)C(O)C1O)C(O)CCCCCCC. The monoisotopic (exact) mass is 1190 g/mol. The fourth-order valence-electron chi connectivity index (χ4n) is 10.9. The number of rotatable bonds is 48. The van der Waals surface area contributed by atoms with Gasteiger partial charge in [-0.15, -0.1) is 0 Å². The summed E-state index contributed by atoms with van der Waals surface area (Å²) in [4.78, 5) is 13.2. The predicted molar refractivity (Wildman–Crippen MR) is 319 cm³/mol. The highest BCUT2D eigenvalue weighted by atomic mass is 16.8. The second-order valence-electron chi connectivity index (χ2n) is 23.2. The molecule has 3 rings (SSSR count). The first-order chi connectivity index (χ1) is 40.3. The first kappa shape index (κ1) is 75.0. The molecule has 17 atom stereocenters. The maximum atomic E-state index is 13.2. The summed E-state index contributed by atoms with van der Waals surface area (Å²) in [6, 6.07) is -0.882. The zero-order valence-corrected chi connectivity index (χ0v) is 50.7. The van der Waals surface area contributed by atoms with Crippen molar-refractivity contribution in [3.05, 3.63) is 48.6 Å². The predicted octanol–water partition coefficient (Wildman–Crippen LogP) is 7.04. The van der Waals surface area contributed by atoms with E-state index in [9.17, 15) is 61.0 Å². The van der Waals surface area contributed by atoms with Gasteiger partial charge >= 0.3 is 0 Å². The number of hydrogen-bond donors (Lipinski definition) is 12. The van der Waals surface area contributed by atoms with E-state index >= 15 is 0 Å². The average molecular weight is 1190 g/mol. The summed E-state index contributed by atoms with van der Waals surface area (Å²) < 4.78 is 34.2. The summed E-state index contributed by atoms with van der Waals surface area (Å²) in [5.41, 5.74) is 0. The van der Waals surface area contributed by atoms with Crippen molar-refractivity contribution < 1.29 is 89.4 Å². The van der Waals surface area contributed by atoms with Crippen LogP contribution < -0.4 is 5.32 Å². The highest BCUT2D eigenvalue weighted by Crippen LogP contribution is 2.33. The average Bonchev–Trinajstić information content (AvgIpc) is 3.52. The Morgan fingerprint density at radius 1 is 0.446 bits per heavy atom. The Hall–Kier alpha value is -2.25. The van der Waals surface area contributed by atoms with E-state index in [-0.39, 0.29) is 18.9 Å². The summed E-state index contributed by atoms with van der Waals surface area (Å²) in [5.74, 6) is -0.249. The molecule has 19 heteroatoms. The van der Waals surface area contributed by atoms with Gasteiger partial charge in [0.05, 0.1) is 38.6 Å². The first-order valence-corrected chi connectivity index (χ1v) is 32.4. The number of ether oxygens (including phenoxy) is 6. The summed E-state index contributed by atoms with van der Waals surface area (Å²) in [7, 11) is 0. The van der Waals surface area contributed by atoms with Gasteiger partial charge in [0, 0.05) is 6.42 Å². The molecule has 0 bridgehead atoms. The number of amides is 1. The van der Waals surface area contributed by atoms with E-state index in [0.717, 1.165) is 77.0 Å². The molecule has 3 fully saturated rings. The van der Waals surface area contributed by atoms with Crippen LogP contribution >= 0.6 is 0 Å². The quantitative estimate of drug-likeness (QED) is 0.0215. The Kier molecular flexibility index (Phi) is 42.3. The van der Waals surface area contributed by atoms with Gasteiger partial charge in [0.1, 0.15) is 73.2 Å². The Bertz CT molecular complexity index is 1700. The highest BCUT2D eigenvalue weighted by molar-refractivity contribution is 5.76. The number of nitrogens with one attached hydrogen (secondary N) is 1. The minimum absolute atomic E-state index is 0.249. The van der Waals surface area contributed by atoms with Crippen molar-refractivity contribution in [3.63, 3.8) is 0 Å². The minimum atomic E-state index is -1.97. The Morgan fingerprint density at radius 2 is 0.831 bits per heavy atom. The number of aliphatic hydroxyl groups is 11. The fraction of sp³-hybridized carbons (Fsp3) is 0.859. The number of unbranched alkanes of at least 4 members (excludes halogenated alkanes) is 24. The second kappa shape index (κ2) is 46.8. The first-order valence-electron chi connectivity index (χ1n) is 32.4. The van der Waals surface area contributed by atoms with E-state index < -0.39 is 124 Å². The van der Waals surface area contributed by atoms with Gasteiger partial charge in [0.25, 0.3) is 0 Å². The smallest absolute Gasteiger partial charge is 0.220 e. The van der Waals surface area contributed by atoms with Crippen molar-refractivity contribution in [1.82, 2.24) is 5.32 Å². The molecule has 83 heavy (non-hydrogen) atoms. The zero-order chi connectivity index (χ0) is 60.5. The summed E-state index contributed by atoms with van der Waals surface area (Å²) in [6.07, 6.45) is 27.3. The maximum Gasteiger partial charge on any atom is 0.220 e. The molecule has 3 aliphatic heterocycles. The molecule has 484 valence electrons. The third-order valence-electron chi connectivity index (χ3n) is 16.2. The minimum Gasteiger partial charge on any atom is -0.394 e. The molecule has 17 unspecified atom stereocenters. The van der Waals surface area contributed by atoms with Crippen LogP contribution in [-0.4, -0.2) is 193 Å². The standard InChI is InChI=1S/C64H115NO18/c1-3-5-7-9-10-11-12-13-14-15-16-17-18-19-20-21-22-23-24-25-26-27-28-29-30-31-32-33-34-35-36-38-40-42-52(70)65-47(48(69)41-39-37-8-6-4-2)46-78-62-58(76)55(73)60(50(44-67)80-62)83-64-59(77)56(74)61(51(45-68)81-64)82-63-57(75)54(72)53(71)49(43-66)79-63/h5,7,10-11,13-14,16-17,47-51,53-64,66-69,71-77H,3-4,6,8-9,12,15,18-46H2,1-2H3,(H,65,70)/b7-5-,11-10-,14-13-,17-16-. The lowest BCUT2D eigenvalue weighted by Gasteiger charge is -2.48. The topological polar surface area (TPSA) is 307 Å². The van der Waals surface area contributed by atoms with E-state index in [1.807, 2.05) is 0 Å². The van der Waals surface area contributed by atoms with Crippen LogP contribution in [0.1, 0.15) is 219 Å². The van der Waals surface area contributed by atoms with E-state index in [2.05, 4.69) is 67.8 Å². The second-order valence-corrected chi connectivity index (χ2v) is 23.2. The van der Waals surface area contributed by atoms with Crippen molar-refractivity contribution >= 4 is 5.91 Å². The molecule has 0 aliphatic carbocycles. The Labute approximate surface area is 497 Å². The van der Waals surface area contributed by atoms with Crippen molar-refractivity contribution in [2.75, 3.05) is 26.4 Å². The number of carbonyl (C=O) groups is 1. The normalized spacial score (nSPS) is 29.7. The van der Waals surface area contributed by atoms with E-state index in [1.54, 1.807) is 0 Å². The van der Waals surface area contributed by atoms with Gasteiger partial charge in [0.2, 0.25) is 5.91 Å². The Balaban J connectivity index is 1.28. The van der Waals surface area contributed by atoms with Crippen LogP contribution in [0.15, 0.2) is 48.6 Å². The van der Waals surface area contributed by atoms with Crippen LogP contribution in [0.4, 0.5) is 0 Å². The van der Waals surface area contributed by atoms with Crippen molar-refractivity contribution in [2.24, 2.45) is 0 Å². The van der Waals surface area contributed by atoms with Crippen molar-refractivity contribution in [1.29, 1.82) is 0 Å². The van der Waals surface area contributed by atoms with Crippen LogP contribution in [0.3, 0.4) is 0 Å². The lowest BCUT2D eigenvalue weighted by atomic mass is 9.96. The van der Waals surface area contributed by atoms with Crippen molar-refractivity contribution in [2.45, 2.75) is 324 Å². The van der Waals surface area contributed by atoms with Gasteiger partial charge in [0.15, 0.2) is 18.9 Å². The molecule has 0 radical (unpaired) electrons. The Morgan fingerprint density at radius 3 is 1.30 bits per heavy atom. The lowest BCUT2D eigenvalue weighted by Crippen LogP contribution is -2.66. The molecule has 0 aromatic carbocycles. The molecule has 12 N–H and O–H groups in total. The van der Waals surface area contributed by atoms with E-state index in [4.69, 9.17) is 28.4 Å². The van der Waals surface area contributed by atoms with Gasteiger partial charge in [-0.1, -0.05) is 210 Å². The zero-order valence-electron chi connectivity index (χ0n) is 50.7. The number of aliphatic hydroxyl groups excluding tert-OH is 11. The van der Waals surface area contributed by atoms with Crippen molar-refractivity contribution in [3.8, 4) is 0 Å². The van der Waals surface area contributed by atoms with Gasteiger partial charge in [-0.3, -0.25) is 4.79 Å². The molecular weight excluding hydrogens is 1070 g/mol. The lowest BCUT2D eigenvalue weighted by molar-refractivity contribution is -0.379. The summed E-state index contributed by atoms with van der Waals surface area (Å²) in [6.45, 7) is 1.57. The van der Waals surface area contributed by atoms with Crippen LogP contribution in [0.25, 0.3) is 0 Å². The highest BCUT2D eigenvalue weighted by Gasteiger charge is 2.53. The van der Waals surface area contributed by atoms with Crippen LogP contribution in [-0.2, 0) is 33.2 Å². The van der Waals surface area contributed by atoms with E-state index in [1.165, 1.54) is 109 Å². The van der Waals surface area contributed by atoms with Crippen LogP contribution in [0.5, 0.6) is 0 Å². The molecule has 3 aliphatic rings. The number of hydrogen-bond acceptors (Lipinski definition) is 18. The van der Waals surface area contributed by atoms with Gasteiger partial charge in [-0.25, -0.2) is 0 Å². The molecule has 0 saturated carbocycles. The van der Waals surface area contributed by atoms with E-state index in [0.29, 0.717) is 12.8 Å². The molecule has 0 spiro atoms. The molecule has 1 amide bonds. The maximum absolute atomic E-state index is 13.2.